The van der Waals surface area contributed by atoms with E-state index in [1.165, 1.54) is 5.56 Å². The minimum atomic E-state index is 0.00478. The van der Waals surface area contributed by atoms with Crippen LogP contribution in [0.25, 0.3) is 11.5 Å². The predicted molar refractivity (Wildman–Crippen MR) is 124 cm³/mol. The van der Waals surface area contributed by atoms with Gasteiger partial charge in [-0.15, -0.1) is 5.10 Å². The summed E-state index contributed by atoms with van der Waals surface area (Å²) in [5, 5.41) is 11.5. The van der Waals surface area contributed by atoms with E-state index >= 15 is 0 Å². The molecule has 1 aliphatic heterocycles. The van der Waals surface area contributed by atoms with Gasteiger partial charge in [-0.2, -0.15) is 0 Å². The molecule has 1 N–H and O–H groups in total. The Morgan fingerprint density at radius 2 is 1.78 bits per heavy atom. The summed E-state index contributed by atoms with van der Waals surface area (Å²) in [4.78, 5) is 14.7. The SMILES string of the molecule is COc1ccc(-c2nnc(N3CCC(C(=O)NCc4ccc(C(C)C)cc4)CC3)o2)cc1. The first kappa shape index (κ1) is 21.9. The number of hydrogen-bond donors (Lipinski definition) is 1. The molecule has 3 aromatic rings. The Hall–Kier alpha value is -3.35. The summed E-state index contributed by atoms with van der Waals surface area (Å²) in [7, 11) is 1.63. The maximum atomic E-state index is 12.6. The summed E-state index contributed by atoms with van der Waals surface area (Å²) in [5.41, 5.74) is 3.28. The van der Waals surface area contributed by atoms with Crippen LogP contribution in [-0.2, 0) is 11.3 Å². The summed E-state index contributed by atoms with van der Waals surface area (Å²) < 4.78 is 11.1. The molecule has 1 amide bonds. The Morgan fingerprint density at radius 3 is 2.41 bits per heavy atom. The van der Waals surface area contributed by atoms with Gasteiger partial charge in [0.15, 0.2) is 0 Å². The van der Waals surface area contributed by atoms with Crippen LogP contribution in [0.4, 0.5) is 6.01 Å². The first-order valence-corrected chi connectivity index (χ1v) is 11.1. The first-order valence-electron chi connectivity index (χ1n) is 11.1. The fourth-order valence-corrected chi connectivity index (χ4v) is 3.88. The van der Waals surface area contributed by atoms with Crippen molar-refractivity contribution in [1.82, 2.24) is 15.5 Å². The summed E-state index contributed by atoms with van der Waals surface area (Å²) in [6.45, 7) is 6.35. The average molecular weight is 435 g/mol. The molecule has 0 spiro atoms. The Balaban J connectivity index is 1.27. The van der Waals surface area contributed by atoms with Crippen molar-refractivity contribution in [2.24, 2.45) is 5.92 Å². The summed E-state index contributed by atoms with van der Waals surface area (Å²) in [6.07, 6.45) is 1.52. The van der Waals surface area contributed by atoms with Gasteiger partial charge in [0.05, 0.1) is 7.11 Å². The molecule has 2 aromatic carbocycles. The molecule has 7 heteroatoms. The largest absolute Gasteiger partial charge is 0.497 e. The van der Waals surface area contributed by atoms with E-state index < -0.39 is 0 Å². The van der Waals surface area contributed by atoms with Crippen LogP contribution in [0.3, 0.4) is 0 Å². The number of methoxy groups -OCH3 is 1. The van der Waals surface area contributed by atoms with Crippen molar-refractivity contribution in [3.05, 3.63) is 59.7 Å². The quantitative estimate of drug-likeness (QED) is 0.594. The van der Waals surface area contributed by atoms with Crippen molar-refractivity contribution in [3.63, 3.8) is 0 Å². The Morgan fingerprint density at radius 1 is 1.09 bits per heavy atom. The smallest absolute Gasteiger partial charge is 0.318 e. The van der Waals surface area contributed by atoms with Crippen LogP contribution in [0, 0.1) is 5.92 Å². The molecule has 32 heavy (non-hydrogen) atoms. The van der Waals surface area contributed by atoms with E-state index in [1.807, 2.05) is 24.3 Å². The summed E-state index contributed by atoms with van der Waals surface area (Å²) in [6, 6.07) is 16.5. The number of carbonyl (C=O) groups is 1. The maximum absolute atomic E-state index is 12.6. The lowest BCUT2D eigenvalue weighted by Crippen LogP contribution is -2.40. The molecule has 1 saturated heterocycles. The molecule has 168 valence electrons. The van der Waals surface area contributed by atoms with Crippen molar-refractivity contribution in [1.29, 1.82) is 0 Å². The zero-order valence-electron chi connectivity index (χ0n) is 18.9. The van der Waals surface area contributed by atoms with Gasteiger partial charge in [0.25, 0.3) is 0 Å². The second-order valence-corrected chi connectivity index (χ2v) is 8.49. The number of rotatable bonds is 7. The topological polar surface area (TPSA) is 80.5 Å². The van der Waals surface area contributed by atoms with Gasteiger partial charge >= 0.3 is 6.01 Å². The third-order valence-corrected chi connectivity index (χ3v) is 6.00. The van der Waals surface area contributed by atoms with Crippen molar-refractivity contribution >= 4 is 11.9 Å². The predicted octanol–water partition coefficient (Wildman–Crippen LogP) is 4.40. The van der Waals surface area contributed by atoms with Gasteiger partial charge in [-0.25, -0.2) is 0 Å². The number of ether oxygens (including phenoxy) is 1. The molecule has 0 bridgehead atoms. The fourth-order valence-electron chi connectivity index (χ4n) is 3.88. The minimum Gasteiger partial charge on any atom is -0.497 e. The molecule has 0 radical (unpaired) electrons. The molecule has 0 aliphatic carbocycles. The molecule has 7 nitrogen and oxygen atoms in total. The van der Waals surface area contributed by atoms with Gasteiger partial charge in [-0.3, -0.25) is 4.79 Å². The van der Waals surface area contributed by atoms with E-state index in [9.17, 15) is 4.79 Å². The van der Waals surface area contributed by atoms with E-state index in [-0.39, 0.29) is 11.8 Å². The monoisotopic (exact) mass is 434 g/mol. The summed E-state index contributed by atoms with van der Waals surface area (Å²) in [5.74, 6) is 1.88. The van der Waals surface area contributed by atoms with Gasteiger partial charge in [0.1, 0.15) is 5.75 Å². The Kier molecular flexibility index (Phi) is 6.73. The number of piperidine rings is 1. The Labute approximate surface area is 188 Å². The molecular weight excluding hydrogens is 404 g/mol. The van der Waals surface area contributed by atoms with E-state index in [0.29, 0.717) is 37.5 Å². The second-order valence-electron chi connectivity index (χ2n) is 8.49. The molecular formula is C25H30N4O3. The second kappa shape index (κ2) is 9.85. The van der Waals surface area contributed by atoms with Gasteiger partial charge in [-0.1, -0.05) is 43.2 Å². The Bertz CT molecular complexity index is 1020. The highest BCUT2D eigenvalue weighted by atomic mass is 16.5. The van der Waals surface area contributed by atoms with E-state index in [0.717, 1.165) is 29.7 Å². The molecule has 4 rings (SSSR count). The standard InChI is InChI=1S/C25H30N4O3/c1-17(2)19-6-4-18(5-7-19)16-26-23(30)20-12-14-29(15-13-20)25-28-27-24(32-25)21-8-10-22(31-3)11-9-21/h4-11,17,20H,12-16H2,1-3H3,(H,26,30). The van der Waals surface area contributed by atoms with Crippen molar-refractivity contribution in [2.45, 2.75) is 39.2 Å². The van der Waals surface area contributed by atoms with Gasteiger partial charge in [0.2, 0.25) is 11.8 Å². The molecule has 0 atom stereocenters. The minimum absolute atomic E-state index is 0.00478. The lowest BCUT2D eigenvalue weighted by molar-refractivity contribution is -0.125. The fraction of sp³-hybridized carbons (Fsp3) is 0.400. The van der Waals surface area contributed by atoms with Crippen molar-refractivity contribution in [3.8, 4) is 17.2 Å². The van der Waals surface area contributed by atoms with Crippen LogP contribution >= 0.6 is 0 Å². The lowest BCUT2D eigenvalue weighted by atomic mass is 9.96. The van der Waals surface area contributed by atoms with E-state index in [2.05, 4.69) is 58.5 Å². The van der Waals surface area contributed by atoms with Crippen LogP contribution in [0.15, 0.2) is 52.9 Å². The van der Waals surface area contributed by atoms with Gasteiger partial charge < -0.3 is 19.4 Å². The third kappa shape index (κ3) is 5.10. The van der Waals surface area contributed by atoms with E-state index in [4.69, 9.17) is 9.15 Å². The van der Waals surface area contributed by atoms with Crippen LogP contribution in [-0.4, -0.2) is 36.3 Å². The molecule has 0 saturated carbocycles. The maximum Gasteiger partial charge on any atom is 0.318 e. The number of aromatic nitrogens is 2. The lowest BCUT2D eigenvalue weighted by Gasteiger charge is -2.29. The number of carbonyl (C=O) groups excluding carboxylic acids is 1. The number of amides is 1. The highest BCUT2D eigenvalue weighted by molar-refractivity contribution is 5.78. The van der Waals surface area contributed by atoms with Crippen LogP contribution in [0.1, 0.15) is 43.7 Å². The molecule has 1 aromatic heterocycles. The van der Waals surface area contributed by atoms with E-state index in [1.54, 1.807) is 7.11 Å². The van der Waals surface area contributed by atoms with Crippen molar-refractivity contribution < 1.29 is 13.9 Å². The number of benzene rings is 2. The average Bonchev–Trinajstić information content (AvgIpc) is 3.33. The molecule has 0 unspecified atom stereocenters. The normalized spacial score (nSPS) is 14.6. The zero-order valence-corrected chi connectivity index (χ0v) is 18.9. The van der Waals surface area contributed by atoms with Gasteiger partial charge in [-0.05, 0) is 54.2 Å². The van der Waals surface area contributed by atoms with Crippen LogP contribution < -0.4 is 15.0 Å². The number of anilines is 1. The van der Waals surface area contributed by atoms with Crippen LogP contribution in [0.2, 0.25) is 0 Å². The molecule has 1 fully saturated rings. The first-order chi connectivity index (χ1) is 15.5. The number of nitrogens with one attached hydrogen (secondary N) is 1. The van der Waals surface area contributed by atoms with Gasteiger partial charge in [0, 0.05) is 31.1 Å². The van der Waals surface area contributed by atoms with Crippen LogP contribution in [0.5, 0.6) is 5.75 Å². The molecule has 2 heterocycles. The third-order valence-electron chi connectivity index (χ3n) is 6.00. The molecule has 1 aliphatic rings. The van der Waals surface area contributed by atoms with Crippen molar-refractivity contribution in [2.75, 3.05) is 25.1 Å². The highest BCUT2D eigenvalue weighted by Crippen LogP contribution is 2.27. The zero-order chi connectivity index (χ0) is 22.5. The number of hydrogen-bond acceptors (Lipinski definition) is 6. The number of nitrogens with zero attached hydrogens (tertiary/aromatic N) is 3. The highest BCUT2D eigenvalue weighted by Gasteiger charge is 2.27. The summed E-state index contributed by atoms with van der Waals surface area (Å²) >= 11 is 0.